The molecule has 0 aliphatic heterocycles. The molecule has 0 aliphatic rings. The van der Waals surface area contributed by atoms with Gasteiger partial charge in [-0.1, -0.05) is 18.2 Å². The van der Waals surface area contributed by atoms with Crippen LogP contribution in [0.5, 0.6) is 0 Å². The third-order valence-electron chi connectivity index (χ3n) is 1.66. The second-order valence-electron chi connectivity index (χ2n) is 2.75. The SMILES string of the molecule is C=C(C)C(O)c1c(Cl)cnn1C. The molecular formula is C8H11ClN2O. The molecule has 4 heteroatoms. The summed E-state index contributed by atoms with van der Waals surface area (Å²) < 4.78 is 1.54. The average molecular weight is 187 g/mol. The molecule has 1 unspecified atom stereocenters. The fourth-order valence-corrected chi connectivity index (χ4v) is 1.23. The largest absolute Gasteiger partial charge is 0.382 e. The van der Waals surface area contributed by atoms with Crippen molar-refractivity contribution in [1.29, 1.82) is 0 Å². The van der Waals surface area contributed by atoms with Crippen molar-refractivity contribution in [1.82, 2.24) is 9.78 Å². The van der Waals surface area contributed by atoms with Crippen LogP contribution in [0, 0.1) is 0 Å². The predicted octanol–water partition coefficient (Wildman–Crippen LogP) is 1.68. The van der Waals surface area contributed by atoms with E-state index in [1.165, 1.54) is 6.20 Å². The van der Waals surface area contributed by atoms with E-state index in [0.717, 1.165) is 0 Å². The molecule has 3 nitrogen and oxygen atoms in total. The second kappa shape index (κ2) is 3.29. The van der Waals surface area contributed by atoms with Crippen LogP contribution in [0.15, 0.2) is 18.3 Å². The fraction of sp³-hybridized carbons (Fsp3) is 0.375. The van der Waals surface area contributed by atoms with E-state index in [-0.39, 0.29) is 0 Å². The Hall–Kier alpha value is -0.800. The van der Waals surface area contributed by atoms with E-state index in [4.69, 9.17) is 11.6 Å². The number of hydrogen-bond acceptors (Lipinski definition) is 2. The molecule has 0 saturated carbocycles. The molecule has 1 heterocycles. The van der Waals surface area contributed by atoms with E-state index >= 15 is 0 Å². The number of nitrogens with zero attached hydrogens (tertiary/aromatic N) is 2. The first-order valence-electron chi connectivity index (χ1n) is 3.55. The molecule has 1 aromatic rings. The van der Waals surface area contributed by atoms with Gasteiger partial charge in [0, 0.05) is 7.05 Å². The molecule has 1 atom stereocenters. The van der Waals surface area contributed by atoms with Crippen molar-refractivity contribution >= 4 is 11.6 Å². The minimum absolute atomic E-state index is 0.466. The first-order valence-corrected chi connectivity index (χ1v) is 3.92. The highest BCUT2D eigenvalue weighted by Crippen LogP contribution is 2.25. The monoisotopic (exact) mass is 186 g/mol. The van der Waals surface area contributed by atoms with E-state index in [1.807, 2.05) is 0 Å². The summed E-state index contributed by atoms with van der Waals surface area (Å²) in [5, 5.41) is 14.0. The lowest BCUT2D eigenvalue weighted by molar-refractivity contribution is 0.206. The number of aromatic nitrogens is 2. The maximum absolute atomic E-state index is 9.60. The lowest BCUT2D eigenvalue weighted by Crippen LogP contribution is -2.06. The summed E-state index contributed by atoms with van der Waals surface area (Å²) in [7, 11) is 1.73. The van der Waals surface area contributed by atoms with Gasteiger partial charge in [0.25, 0.3) is 0 Å². The van der Waals surface area contributed by atoms with Crippen LogP contribution in [-0.4, -0.2) is 14.9 Å². The molecule has 0 saturated heterocycles. The van der Waals surface area contributed by atoms with Crippen LogP contribution in [0.4, 0.5) is 0 Å². The van der Waals surface area contributed by atoms with E-state index in [0.29, 0.717) is 16.3 Å². The molecule has 0 aliphatic carbocycles. The molecule has 0 bridgehead atoms. The minimum atomic E-state index is -0.731. The first-order chi connectivity index (χ1) is 5.54. The minimum Gasteiger partial charge on any atom is -0.382 e. The van der Waals surface area contributed by atoms with Crippen molar-refractivity contribution in [2.24, 2.45) is 7.05 Å². The Morgan fingerprint density at radius 3 is 2.75 bits per heavy atom. The van der Waals surface area contributed by atoms with Gasteiger partial charge in [0.05, 0.1) is 16.9 Å². The van der Waals surface area contributed by atoms with Gasteiger partial charge >= 0.3 is 0 Å². The molecular weight excluding hydrogens is 176 g/mol. The Morgan fingerprint density at radius 1 is 1.83 bits per heavy atom. The fourth-order valence-electron chi connectivity index (χ4n) is 0.961. The van der Waals surface area contributed by atoms with Gasteiger partial charge in [0.2, 0.25) is 0 Å². The number of hydrogen-bond donors (Lipinski definition) is 1. The van der Waals surface area contributed by atoms with Crippen LogP contribution in [0.3, 0.4) is 0 Å². The van der Waals surface area contributed by atoms with E-state index < -0.39 is 6.10 Å². The summed E-state index contributed by atoms with van der Waals surface area (Å²) in [5.74, 6) is 0. The lowest BCUT2D eigenvalue weighted by atomic mass is 10.1. The highest BCUT2D eigenvalue weighted by molar-refractivity contribution is 6.31. The normalized spacial score (nSPS) is 13.0. The molecule has 1 aromatic heterocycles. The van der Waals surface area contributed by atoms with Crippen LogP contribution in [-0.2, 0) is 7.05 Å². The number of aliphatic hydroxyl groups excluding tert-OH is 1. The highest BCUT2D eigenvalue weighted by Gasteiger charge is 2.16. The number of aliphatic hydroxyl groups is 1. The van der Waals surface area contributed by atoms with Gasteiger partial charge in [-0.25, -0.2) is 0 Å². The summed E-state index contributed by atoms with van der Waals surface area (Å²) in [4.78, 5) is 0. The van der Waals surface area contributed by atoms with Crippen LogP contribution in [0.1, 0.15) is 18.7 Å². The molecule has 0 fully saturated rings. The van der Waals surface area contributed by atoms with Crippen molar-refractivity contribution in [3.8, 4) is 0 Å². The Labute approximate surface area is 76.3 Å². The molecule has 1 N–H and O–H groups in total. The summed E-state index contributed by atoms with van der Waals surface area (Å²) >= 11 is 5.80. The van der Waals surface area contributed by atoms with Crippen molar-refractivity contribution < 1.29 is 5.11 Å². The number of aryl methyl sites for hydroxylation is 1. The Kier molecular flexibility index (Phi) is 2.55. The third-order valence-corrected chi connectivity index (χ3v) is 1.95. The van der Waals surface area contributed by atoms with Crippen molar-refractivity contribution in [3.05, 3.63) is 29.1 Å². The summed E-state index contributed by atoms with van der Waals surface area (Å²) in [6, 6.07) is 0. The molecule has 1 rings (SSSR count). The van der Waals surface area contributed by atoms with Gasteiger partial charge in [0.15, 0.2) is 0 Å². The number of halogens is 1. The Balaban J connectivity index is 3.08. The smallest absolute Gasteiger partial charge is 0.118 e. The van der Waals surface area contributed by atoms with Gasteiger partial charge in [0.1, 0.15) is 6.10 Å². The molecule has 0 amide bonds. The van der Waals surface area contributed by atoms with Crippen molar-refractivity contribution in [2.75, 3.05) is 0 Å². The summed E-state index contributed by atoms with van der Waals surface area (Å²) in [5.41, 5.74) is 1.24. The second-order valence-corrected chi connectivity index (χ2v) is 3.16. The molecule has 0 spiro atoms. The molecule has 12 heavy (non-hydrogen) atoms. The Bertz CT molecular complexity index is 287. The van der Waals surface area contributed by atoms with Gasteiger partial charge in [-0.2, -0.15) is 5.10 Å². The Morgan fingerprint density at radius 2 is 2.42 bits per heavy atom. The van der Waals surface area contributed by atoms with Gasteiger partial charge in [-0.3, -0.25) is 4.68 Å². The van der Waals surface area contributed by atoms with Crippen molar-refractivity contribution in [3.63, 3.8) is 0 Å². The highest BCUT2D eigenvalue weighted by atomic mass is 35.5. The van der Waals surface area contributed by atoms with Crippen molar-refractivity contribution in [2.45, 2.75) is 13.0 Å². The average Bonchev–Trinajstić information content (AvgIpc) is 2.30. The summed E-state index contributed by atoms with van der Waals surface area (Å²) in [6.45, 7) is 5.39. The molecule has 0 radical (unpaired) electrons. The van der Waals surface area contributed by atoms with Gasteiger partial charge in [-0.15, -0.1) is 0 Å². The zero-order valence-electron chi connectivity index (χ0n) is 7.08. The van der Waals surface area contributed by atoms with E-state index in [9.17, 15) is 5.11 Å². The molecule has 0 aromatic carbocycles. The van der Waals surface area contributed by atoms with Crippen LogP contribution >= 0.6 is 11.6 Å². The maximum Gasteiger partial charge on any atom is 0.118 e. The predicted molar refractivity (Wildman–Crippen MR) is 48.0 cm³/mol. The van der Waals surface area contributed by atoms with Crippen LogP contribution in [0.2, 0.25) is 5.02 Å². The van der Waals surface area contributed by atoms with Crippen LogP contribution in [0.25, 0.3) is 0 Å². The van der Waals surface area contributed by atoms with Crippen LogP contribution < -0.4 is 0 Å². The van der Waals surface area contributed by atoms with Gasteiger partial charge in [-0.05, 0) is 12.5 Å². The van der Waals surface area contributed by atoms with Gasteiger partial charge < -0.3 is 5.11 Å². The number of rotatable bonds is 2. The quantitative estimate of drug-likeness (QED) is 0.714. The maximum atomic E-state index is 9.60. The summed E-state index contributed by atoms with van der Waals surface area (Å²) in [6.07, 6.45) is 0.772. The first kappa shape index (κ1) is 9.29. The topological polar surface area (TPSA) is 38.1 Å². The standard InChI is InChI=1S/C8H11ClN2O/c1-5(2)8(12)7-6(9)4-10-11(7)3/h4,8,12H,1H2,2-3H3. The zero-order chi connectivity index (χ0) is 9.30. The molecule has 66 valence electrons. The lowest BCUT2D eigenvalue weighted by Gasteiger charge is -2.10. The third kappa shape index (κ3) is 1.52. The van der Waals surface area contributed by atoms with E-state index in [2.05, 4.69) is 11.7 Å². The zero-order valence-corrected chi connectivity index (χ0v) is 7.84. The van der Waals surface area contributed by atoms with E-state index in [1.54, 1.807) is 18.7 Å².